The molecule has 0 spiro atoms. The van der Waals surface area contributed by atoms with Gasteiger partial charge in [-0.25, -0.2) is 4.39 Å². The van der Waals surface area contributed by atoms with Crippen molar-refractivity contribution in [2.24, 2.45) is 0 Å². The highest BCUT2D eigenvalue weighted by Gasteiger charge is 2.14. The van der Waals surface area contributed by atoms with Crippen molar-refractivity contribution < 1.29 is 13.7 Å². The molecule has 0 aliphatic carbocycles. The lowest BCUT2D eigenvalue weighted by Gasteiger charge is -2.08. The highest BCUT2D eigenvalue weighted by Crippen LogP contribution is 2.24. The molecule has 3 aromatic heterocycles. The third-order valence-electron chi connectivity index (χ3n) is 3.86. The van der Waals surface area contributed by atoms with Crippen molar-refractivity contribution >= 4 is 22.9 Å². The van der Waals surface area contributed by atoms with Crippen molar-refractivity contribution in [3.63, 3.8) is 0 Å². The van der Waals surface area contributed by atoms with Crippen LogP contribution < -0.4 is 10.9 Å². The molecule has 0 saturated carbocycles. The highest BCUT2D eigenvalue weighted by molar-refractivity contribution is 7.13. The third kappa shape index (κ3) is 3.74. The molecule has 1 amide bonds. The summed E-state index contributed by atoms with van der Waals surface area (Å²) in [4.78, 5) is 29.5. The Morgan fingerprint density at radius 1 is 1.18 bits per heavy atom. The molecule has 9 heteroatoms. The number of para-hydroxylation sites is 1. The van der Waals surface area contributed by atoms with E-state index in [-0.39, 0.29) is 23.7 Å². The number of thiophene rings is 1. The lowest BCUT2D eigenvalue weighted by atomic mass is 10.2. The number of aromatic nitrogens is 3. The van der Waals surface area contributed by atoms with Gasteiger partial charge in [0.15, 0.2) is 0 Å². The fourth-order valence-electron chi connectivity index (χ4n) is 2.54. The summed E-state index contributed by atoms with van der Waals surface area (Å²) in [5.41, 5.74) is 0.160. The average molecular weight is 396 g/mol. The second-order valence-corrected chi connectivity index (χ2v) is 6.76. The van der Waals surface area contributed by atoms with Crippen LogP contribution >= 0.6 is 11.3 Å². The van der Waals surface area contributed by atoms with E-state index in [0.29, 0.717) is 11.4 Å². The Labute approximate surface area is 162 Å². The standard InChI is InChI=1S/C19H13FN4O3S/c20-13-4-1-2-5-14(13)21-16(25)11-24-10-12(7-8-17(24)26)19-22-18(23-27-19)15-6-3-9-28-15/h1-10H,11H2,(H,21,25). The number of carbonyl (C=O) groups excluding carboxylic acids is 1. The van der Waals surface area contributed by atoms with Gasteiger partial charge >= 0.3 is 0 Å². The maximum Gasteiger partial charge on any atom is 0.259 e. The molecule has 0 saturated heterocycles. The van der Waals surface area contributed by atoms with Crippen molar-refractivity contribution in [2.75, 3.05) is 5.32 Å². The minimum atomic E-state index is -0.552. The molecule has 1 N–H and O–H groups in total. The molecule has 4 aromatic rings. The summed E-state index contributed by atoms with van der Waals surface area (Å²) in [5.74, 6) is -0.412. The normalized spacial score (nSPS) is 10.8. The zero-order valence-electron chi connectivity index (χ0n) is 14.3. The number of rotatable bonds is 5. The quantitative estimate of drug-likeness (QED) is 0.558. The van der Waals surface area contributed by atoms with Crippen LogP contribution in [0.4, 0.5) is 10.1 Å². The van der Waals surface area contributed by atoms with Crippen LogP contribution in [0.25, 0.3) is 22.2 Å². The first-order chi connectivity index (χ1) is 13.6. The highest BCUT2D eigenvalue weighted by atomic mass is 32.1. The number of hydrogen-bond acceptors (Lipinski definition) is 6. The van der Waals surface area contributed by atoms with E-state index in [4.69, 9.17) is 4.52 Å². The number of anilines is 1. The van der Waals surface area contributed by atoms with Gasteiger partial charge < -0.3 is 14.4 Å². The summed E-state index contributed by atoms with van der Waals surface area (Å²) in [5, 5.41) is 8.28. The first-order valence-corrected chi connectivity index (χ1v) is 9.11. The van der Waals surface area contributed by atoms with E-state index in [1.807, 2.05) is 17.5 Å². The van der Waals surface area contributed by atoms with Gasteiger partial charge in [-0.1, -0.05) is 23.4 Å². The van der Waals surface area contributed by atoms with E-state index < -0.39 is 11.7 Å². The van der Waals surface area contributed by atoms with Crippen LogP contribution in [0.2, 0.25) is 0 Å². The Hall–Kier alpha value is -3.59. The monoisotopic (exact) mass is 396 g/mol. The largest absolute Gasteiger partial charge is 0.334 e. The van der Waals surface area contributed by atoms with Gasteiger partial charge in [-0.05, 0) is 29.6 Å². The summed E-state index contributed by atoms with van der Waals surface area (Å²) in [6, 6.07) is 12.4. The molecule has 7 nitrogen and oxygen atoms in total. The topological polar surface area (TPSA) is 90.0 Å². The molecule has 4 rings (SSSR count). The van der Waals surface area contributed by atoms with Crippen LogP contribution in [-0.2, 0) is 11.3 Å². The van der Waals surface area contributed by atoms with E-state index in [2.05, 4.69) is 15.5 Å². The molecule has 0 unspecified atom stereocenters. The Kier molecular flexibility index (Phi) is 4.81. The van der Waals surface area contributed by atoms with Gasteiger partial charge in [-0.15, -0.1) is 11.3 Å². The van der Waals surface area contributed by atoms with Gasteiger partial charge in [0, 0.05) is 12.3 Å². The zero-order chi connectivity index (χ0) is 19.5. The number of carbonyl (C=O) groups is 1. The molecule has 0 bridgehead atoms. The Morgan fingerprint density at radius 2 is 2.04 bits per heavy atom. The van der Waals surface area contributed by atoms with Gasteiger partial charge in [-0.2, -0.15) is 4.98 Å². The predicted molar refractivity (Wildman–Crippen MR) is 102 cm³/mol. The van der Waals surface area contributed by atoms with Gasteiger partial charge in [-0.3, -0.25) is 9.59 Å². The number of hydrogen-bond donors (Lipinski definition) is 1. The van der Waals surface area contributed by atoms with Gasteiger partial charge in [0.25, 0.3) is 11.4 Å². The van der Waals surface area contributed by atoms with E-state index in [1.165, 1.54) is 46.4 Å². The van der Waals surface area contributed by atoms with E-state index in [9.17, 15) is 14.0 Å². The van der Waals surface area contributed by atoms with Gasteiger partial charge in [0.1, 0.15) is 12.4 Å². The molecular weight excluding hydrogens is 383 g/mol. The van der Waals surface area contributed by atoms with Crippen LogP contribution in [0.3, 0.4) is 0 Å². The molecule has 0 aliphatic heterocycles. The van der Waals surface area contributed by atoms with Gasteiger partial charge in [0.05, 0.1) is 16.1 Å². The van der Waals surface area contributed by atoms with Crippen molar-refractivity contribution in [3.8, 4) is 22.2 Å². The number of amides is 1. The minimum absolute atomic E-state index is 0.0502. The van der Waals surface area contributed by atoms with Crippen LogP contribution in [0, 0.1) is 5.82 Å². The number of pyridine rings is 1. The number of nitrogens with zero attached hydrogens (tertiary/aromatic N) is 3. The van der Waals surface area contributed by atoms with Crippen molar-refractivity contribution in [2.45, 2.75) is 6.54 Å². The molecular formula is C19H13FN4O3S. The number of nitrogens with one attached hydrogen (secondary N) is 1. The van der Waals surface area contributed by atoms with Crippen LogP contribution in [0.15, 0.2) is 69.4 Å². The SMILES string of the molecule is O=C(Cn1cc(-c2nc(-c3cccs3)no2)ccc1=O)Nc1ccccc1F. The molecule has 28 heavy (non-hydrogen) atoms. The van der Waals surface area contributed by atoms with Crippen molar-refractivity contribution in [1.82, 2.24) is 14.7 Å². The maximum atomic E-state index is 13.7. The Bertz CT molecular complexity index is 1180. The zero-order valence-corrected chi connectivity index (χ0v) is 15.1. The maximum absolute atomic E-state index is 13.7. The fourth-order valence-corrected chi connectivity index (χ4v) is 3.18. The lowest BCUT2D eigenvalue weighted by molar-refractivity contribution is -0.116. The Balaban J connectivity index is 1.55. The van der Waals surface area contributed by atoms with Crippen LogP contribution in [-0.4, -0.2) is 20.6 Å². The molecule has 0 atom stereocenters. The van der Waals surface area contributed by atoms with E-state index in [0.717, 1.165) is 4.88 Å². The van der Waals surface area contributed by atoms with E-state index in [1.54, 1.807) is 12.1 Å². The summed E-state index contributed by atoms with van der Waals surface area (Å²) in [6.07, 6.45) is 1.45. The lowest BCUT2D eigenvalue weighted by Crippen LogP contribution is -2.27. The number of halogens is 1. The molecule has 140 valence electrons. The van der Waals surface area contributed by atoms with Crippen LogP contribution in [0.1, 0.15) is 0 Å². The number of benzene rings is 1. The predicted octanol–water partition coefficient (Wildman–Crippen LogP) is 3.40. The summed E-state index contributed by atoms with van der Waals surface area (Å²) in [6.45, 7) is -0.285. The second kappa shape index (κ2) is 7.57. The van der Waals surface area contributed by atoms with Gasteiger partial charge in [0.2, 0.25) is 11.7 Å². The summed E-state index contributed by atoms with van der Waals surface area (Å²) < 4.78 is 20.1. The first-order valence-electron chi connectivity index (χ1n) is 8.23. The molecule has 1 aromatic carbocycles. The second-order valence-electron chi connectivity index (χ2n) is 5.81. The Morgan fingerprint density at radius 3 is 2.82 bits per heavy atom. The summed E-state index contributed by atoms with van der Waals surface area (Å²) >= 11 is 1.48. The molecule has 0 aliphatic rings. The van der Waals surface area contributed by atoms with Crippen molar-refractivity contribution in [3.05, 3.63) is 76.3 Å². The first kappa shape index (κ1) is 17.8. The molecule has 0 fully saturated rings. The fraction of sp³-hybridized carbons (Fsp3) is 0.0526. The van der Waals surface area contributed by atoms with E-state index >= 15 is 0 Å². The minimum Gasteiger partial charge on any atom is -0.334 e. The average Bonchev–Trinajstić information content (AvgIpc) is 3.37. The molecule has 3 heterocycles. The summed E-state index contributed by atoms with van der Waals surface area (Å²) in [7, 11) is 0. The van der Waals surface area contributed by atoms with Crippen LogP contribution in [0.5, 0.6) is 0 Å². The third-order valence-corrected chi connectivity index (χ3v) is 4.73. The van der Waals surface area contributed by atoms with Crippen molar-refractivity contribution in [1.29, 1.82) is 0 Å². The smallest absolute Gasteiger partial charge is 0.259 e. The molecule has 0 radical (unpaired) electrons.